The summed E-state index contributed by atoms with van der Waals surface area (Å²) < 4.78 is 27.3. The highest BCUT2D eigenvalue weighted by Crippen LogP contribution is 2.28. The van der Waals surface area contributed by atoms with Crippen molar-refractivity contribution >= 4 is 56.4 Å². The monoisotopic (exact) mass is 475 g/mol. The van der Waals surface area contributed by atoms with E-state index >= 15 is 0 Å². The summed E-state index contributed by atoms with van der Waals surface area (Å²) in [5.41, 5.74) is 0.918. The average Bonchev–Trinajstić information content (AvgIpc) is 2.66. The molecule has 6 nitrogen and oxygen atoms in total. The molecule has 0 bridgehead atoms. The van der Waals surface area contributed by atoms with Gasteiger partial charge in [-0.05, 0) is 42.9 Å². The SMILES string of the molecule is CN1CCN(S(=O)(=O)c2ccc(Cl)c(NC(=O)Cc3ccc(Cl)c(Cl)c3)c2)CC1. The highest BCUT2D eigenvalue weighted by molar-refractivity contribution is 7.89. The molecule has 29 heavy (non-hydrogen) atoms. The van der Waals surface area contributed by atoms with Crippen LogP contribution in [0.4, 0.5) is 5.69 Å². The lowest BCUT2D eigenvalue weighted by Crippen LogP contribution is -2.47. The van der Waals surface area contributed by atoms with Gasteiger partial charge in [-0.1, -0.05) is 40.9 Å². The van der Waals surface area contributed by atoms with Crippen LogP contribution in [0, 0.1) is 0 Å². The summed E-state index contributed by atoms with van der Waals surface area (Å²) in [6, 6.07) is 9.23. The van der Waals surface area contributed by atoms with Crippen molar-refractivity contribution in [2.24, 2.45) is 0 Å². The Kier molecular flexibility index (Phi) is 7.09. The van der Waals surface area contributed by atoms with Gasteiger partial charge >= 0.3 is 0 Å². The van der Waals surface area contributed by atoms with Gasteiger partial charge in [-0.15, -0.1) is 0 Å². The van der Waals surface area contributed by atoms with Crippen LogP contribution in [-0.4, -0.2) is 56.8 Å². The Morgan fingerprint density at radius 3 is 2.28 bits per heavy atom. The number of likely N-dealkylation sites (N-methyl/N-ethyl adjacent to an activating group) is 1. The van der Waals surface area contributed by atoms with Crippen molar-refractivity contribution in [3.63, 3.8) is 0 Å². The van der Waals surface area contributed by atoms with Gasteiger partial charge in [0.25, 0.3) is 0 Å². The molecule has 1 amide bonds. The van der Waals surface area contributed by atoms with E-state index in [-0.39, 0.29) is 27.9 Å². The molecular formula is C19H20Cl3N3O3S. The third-order valence-corrected chi connectivity index (χ3v) is 7.62. The van der Waals surface area contributed by atoms with Crippen molar-refractivity contribution in [2.45, 2.75) is 11.3 Å². The zero-order chi connectivity index (χ0) is 21.2. The topological polar surface area (TPSA) is 69.7 Å². The van der Waals surface area contributed by atoms with Crippen LogP contribution >= 0.6 is 34.8 Å². The number of rotatable bonds is 5. The third kappa shape index (κ3) is 5.42. The van der Waals surface area contributed by atoms with Crippen molar-refractivity contribution in [1.82, 2.24) is 9.21 Å². The molecule has 1 N–H and O–H groups in total. The van der Waals surface area contributed by atoms with E-state index < -0.39 is 10.0 Å². The van der Waals surface area contributed by atoms with Crippen LogP contribution in [0.3, 0.4) is 0 Å². The molecule has 1 aliphatic heterocycles. The van der Waals surface area contributed by atoms with Crippen LogP contribution in [0.5, 0.6) is 0 Å². The summed E-state index contributed by atoms with van der Waals surface area (Å²) in [4.78, 5) is 14.6. The van der Waals surface area contributed by atoms with Gasteiger partial charge in [0.05, 0.1) is 32.1 Å². The highest BCUT2D eigenvalue weighted by Gasteiger charge is 2.28. The van der Waals surface area contributed by atoms with Crippen molar-refractivity contribution in [3.8, 4) is 0 Å². The quantitative estimate of drug-likeness (QED) is 0.713. The molecule has 0 spiro atoms. The van der Waals surface area contributed by atoms with E-state index in [1.807, 2.05) is 7.05 Å². The lowest BCUT2D eigenvalue weighted by molar-refractivity contribution is -0.115. The zero-order valence-electron chi connectivity index (χ0n) is 15.7. The number of hydrogen-bond acceptors (Lipinski definition) is 4. The normalized spacial score (nSPS) is 16.0. The fourth-order valence-electron chi connectivity index (χ4n) is 2.97. The summed E-state index contributed by atoms with van der Waals surface area (Å²) in [5, 5.41) is 3.69. The lowest BCUT2D eigenvalue weighted by Gasteiger charge is -2.31. The average molecular weight is 477 g/mol. The molecular weight excluding hydrogens is 457 g/mol. The van der Waals surface area contributed by atoms with E-state index in [0.717, 1.165) is 0 Å². The highest BCUT2D eigenvalue weighted by atomic mass is 35.5. The summed E-state index contributed by atoms with van der Waals surface area (Å²) in [7, 11) is -1.71. The number of hydrogen-bond donors (Lipinski definition) is 1. The maximum absolute atomic E-state index is 12.9. The number of anilines is 1. The van der Waals surface area contributed by atoms with E-state index in [0.29, 0.717) is 41.8 Å². The Morgan fingerprint density at radius 1 is 0.966 bits per heavy atom. The second-order valence-corrected chi connectivity index (χ2v) is 9.98. The summed E-state index contributed by atoms with van der Waals surface area (Å²) in [5.74, 6) is -0.348. The van der Waals surface area contributed by atoms with Gasteiger partial charge in [-0.3, -0.25) is 4.79 Å². The van der Waals surface area contributed by atoms with Gasteiger partial charge in [-0.2, -0.15) is 4.31 Å². The van der Waals surface area contributed by atoms with Gasteiger partial charge in [-0.25, -0.2) is 8.42 Å². The minimum atomic E-state index is -3.67. The minimum Gasteiger partial charge on any atom is -0.324 e. The molecule has 0 saturated carbocycles. The first-order valence-corrected chi connectivity index (χ1v) is 11.5. The number of nitrogens with zero attached hydrogens (tertiary/aromatic N) is 2. The van der Waals surface area contributed by atoms with Crippen LogP contribution in [-0.2, 0) is 21.2 Å². The van der Waals surface area contributed by atoms with Crippen LogP contribution in [0.15, 0.2) is 41.3 Å². The molecule has 2 aromatic rings. The van der Waals surface area contributed by atoms with Crippen molar-refractivity contribution in [1.29, 1.82) is 0 Å². The van der Waals surface area contributed by atoms with Crippen molar-refractivity contribution < 1.29 is 13.2 Å². The largest absolute Gasteiger partial charge is 0.324 e. The fourth-order valence-corrected chi connectivity index (χ4v) is 4.90. The molecule has 1 heterocycles. The number of carbonyl (C=O) groups excluding carboxylic acids is 1. The maximum Gasteiger partial charge on any atom is 0.243 e. The van der Waals surface area contributed by atoms with Crippen LogP contribution in [0.1, 0.15) is 5.56 Å². The number of carbonyl (C=O) groups is 1. The van der Waals surface area contributed by atoms with Crippen LogP contribution in [0.2, 0.25) is 15.1 Å². The van der Waals surface area contributed by atoms with Crippen LogP contribution in [0.25, 0.3) is 0 Å². The second kappa shape index (κ2) is 9.20. The van der Waals surface area contributed by atoms with Crippen LogP contribution < -0.4 is 5.32 Å². The molecule has 2 aromatic carbocycles. The molecule has 0 aromatic heterocycles. The number of nitrogens with one attached hydrogen (secondary N) is 1. The molecule has 0 aliphatic carbocycles. The Labute approximate surface area is 185 Å². The van der Waals surface area contributed by atoms with Gasteiger partial charge < -0.3 is 10.2 Å². The first-order valence-electron chi connectivity index (χ1n) is 8.89. The number of amides is 1. The molecule has 0 radical (unpaired) electrons. The van der Waals surface area contributed by atoms with Gasteiger partial charge in [0, 0.05) is 26.2 Å². The molecule has 156 valence electrons. The Morgan fingerprint density at radius 2 is 1.62 bits per heavy atom. The van der Waals surface area contributed by atoms with E-state index in [1.54, 1.807) is 18.2 Å². The minimum absolute atomic E-state index is 0.0443. The Balaban J connectivity index is 1.76. The summed E-state index contributed by atoms with van der Waals surface area (Å²) >= 11 is 18.0. The van der Waals surface area contributed by atoms with E-state index in [2.05, 4.69) is 10.2 Å². The first-order chi connectivity index (χ1) is 13.7. The summed E-state index contributed by atoms with van der Waals surface area (Å²) in [6.07, 6.45) is 0.0443. The van der Waals surface area contributed by atoms with Gasteiger partial charge in [0.15, 0.2) is 0 Å². The first kappa shape index (κ1) is 22.3. The molecule has 1 fully saturated rings. The lowest BCUT2D eigenvalue weighted by atomic mass is 10.1. The van der Waals surface area contributed by atoms with Gasteiger partial charge in [0.2, 0.25) is 15.9 Å². The van der Waals surface area contributed by atoms with Crippen molar-refractivity contribution in [2.75, 3.05) is 38.5 Å². The van der Waals surface area contributed by atoms with Gasteiger partial charge in [0.1, 0.15) is 0 Å². The standard InChI is InChI=1S/C19H20Cl3N3O3S/c1-24-6-8-25(9-7-24)29(27,28)14-3-5-16(21)18(12-14)23-19(26)11-13-2-4-15(20)17(22)10-13/h2-5,10,12H,6-9,11H2,1H3,(H,23,26). The third-order valence-electron chi connectivity index (χ3n) is 4.66. The smallest absolute Gasteiger partial charge is 0.243 e. The predicted molar refractivity (Wildman–Crippen MR) is 117 cm³/mol. The number of sulfonamides is 1. The van der Waals surface area contributed by atoms with E-state index in [1.165, 1.54) is 22.5 Å². The molecule has 0 unspecified atom stereocenters. The predicted octanol–water partition coefficient (Wildman–Crippen LogP) is 3.76. The van der Waals surface area contributed by atoms with E-state index in [4.69, 9.17) is 34.8 Å². The molecule has 10 heteroatoms. The molecule has 0 atom stereocenters. The Hall–Kier alpha value is -1.35. The number of piperazine rings is 1. The maximum atomic E-state index is 12.9. The van der Waals surface area contributed by atoms with E-state index in [9.17, 15) is 13.2 Å². The number of halogens is 3. The zero-order valence-corrected chi connectivity index (χ0v) is 18.7. The molecule has 1 aliphatic rings. The fraction of sp³-hybridized carbons (Fsp3) is 0.316. The second-order valence-electron chi connectivity index (χ2n) is 6.82. The number of benzene rings is 2. The Bertz CT molecular complexity index is 1020. The van der Waals surface area contributed by atoms with Crippen molar-refractivity contribution in [3.05, 3.63) is 57.0 Å². The summed E-state index contributed by atoms with van der Waals surface area (Å²) in [6.45, 7) is 2.17. The molecule has 1 saturated heterocycles. The molecule has 3 rings (SSSR count).